The average Bonchev–Trinajstić information content (AvgIpc) is 3.37. The summed E-state index contributed by atoms with van der Waals surface area (Å²) in [7, 11) is 1.59. The highest BCUT2D eigenvalue weighted by molar-refractivity contribution is 7.07. The predicted molar refractivity (Wildman–Crippen MR) is 108 cm³/mol. The zero-order valence-corrected chi connectivity index (χ0v) is 16.7. The molecule has 0 aliphatic carbocycles. The van der Waals surface area contributed by atoms with Crippen molar-refractivity contribution in [1.82, 2.24) is 4.68 Å². The van der Waals surface area contributed by atoms with E-state index in [-0.39, 0.29) is 23.8 Å². The summed E-state index contributed by atoms with van der Waals surface area (Å²) in [6, 6.07) is 8.81. The van der Waals surface area contributed by atoms with E-state index in [0.29, 0.717) is 27.6 Å². The Morgan fingerprint density at radius 3 is 2.61 bits per heavy atom. The van der Waals surface area contributed by atoms with Crippen molar-refractivity contribution in [3.8, 4) is 28.5 Å². The number of thiazole rings is 1. The maximum Gasteiger partial charge on any atom is 0.387 e. The maximum absolute atomic E-state index is 12.4. The van der Waals surface area contributed by atoms with Gasteiger partial charge in [-0.25, -0.2) is 4.68 Å². The number of ether oxygens (including phenoxy) is 3. The topological polar surface area (TPSA) is 100 Å². The summed E-state index contributed by atoms with van der Waals surface area (Å²) in [5, 5.41) is 17.6. The van der Waals surface area contributed by atoms with Crippen LogP contribution in [0.2, 0.25) is 0 Å². The quantitative estimate of drug-likeness (QED) is 0.324. The second-order valence-electron chi connectivity index (χ2n) is 6.11. The van der Waals surface area contributed by atoms with Crippen molar-refractivity contribution in [2.24, 2.45) is 10.1 Å². The minimum absolute atomic E-state index is 0.0132. The third kappa shape index (κ3) is 4.23. The number of halogens is 2. The molecule has 0 saturated carbocycles. The summed E-state index contributed by atoms with van der Waals surface area (Å²) in [4.78, 5) is 15.6. The van der Waals surface area contributed by atoms with E-state index in [0.717, 1.165) is 0 Å². The SMILES string of the molecule is CN=c1scc(-c2ccc(OC(F)F)cc2)n1N=Cc1cc2c(cc1[N+](=O)[O-])OCO2. The number of benzene rings is 2. The zero-order valence-electron chi connectivity index (χ0n) is 15.9. The van der Waals surface area contributed by atoms with Gasteiger partial charge in [0.05, 0.1) is 28.5 Å². The highest BCUT2D eigenvalue weighted by Gasteiger charge is 2.22. The van der Waals surface area contributed by atoms with Gasteiger partial charge in [0.15, 0.2) is 11.5 Å². The molecule has 0 atom stereocenters. The summed E-state index contributed by atoms with van der Waals surface area (Å²) in [6.45, 7) is -2.93. The van der Waals surface area contributed by atoms with Crippen LogP contribution in [0.5, 0.6) is 17.2 Å². The molecule has 0 radical (unpaired) electrons. The first-order valence-corrected chi connectivity index (χ1v) is 9.65. The van der Waals surface area contributed by atoms with Crippen LogP contribution >= 0.6 is 11.3 Å². The second-order valence-corrected chi connectivity index (χ2v) is 6.94. The molecular formula is C19H14F2N4O5S. The molecule has 0 amide bonds. The van der Waals surface area contributed by atoms with Crippen molar-refractivity contribution in [2.75, 3.05) is 13.8 Å². The number of nitro groups is 1. The molecule has 2 heterocycles. The Morgan fingerprint density at radius 1 is 1.26 bits per heavy atom. The van der Waals surface area contributed by atoms with Gasteiger partial charge in [-0.05, 0) is 30.3 Å². The Labute approximate surface area is 177 Å². The van der Waals surface area contributed by atoms with Crippen LogP contribution in [-0.2, 0) is 0 Å². The van der Waals surface area contributed by atoms with Crippen LogP contribution < -0.4 is 19.0 Å². The first-order valence-electron chi connectivity index (χ1n) is 8.77. The van der Waals surface area contributed by atoms with Crippen molar-refractivity contribution in [2.45, 2.75) is 6.61 Å². The van der Waals surface area contributed by atoms with E-state index < -0.39 is 11.5 Å². The second kappa shape index (κ2) is 8.52. The molecule has 9 nitrogen and oxygen atoms in total. The molecular weight excluding hydrogens is 434 g/mol. The van der Waals surface area contributed by atoms with E-state index >= 15 is 0 Å². The summed E-state index contributed by atoms with van der Waals surface area (Å²) in [5.41, 5.74) is 1.33. The van der Waals surface area contributed by atoms with Gasteiger partial charge in [0.25, 0.3) is 5.69 Å². The molecule has 3 aromatic rings. The number of nitro benzene ring substituents is 1. The van der Waals surface area contributed by atoms with Crippen LogP contribution in [0.4, 0.5) is 14.5 Å². The molecule has 160 valence electrons. The largest absolute Gasteiger partial charge is 0.454 e. The van der Waals surface area contributed by atoms with Gasteiger partial charge < -0.3 is 14.2 Å². The van der Waals surface area contributed by atoms with E-state index in [2.05, 4.69) is 14.8 Å². The van der Waals surface area contributed by atoms with Crippen LogP contribution in [0.15, 0.2) is 51.9 Å². The summed E-state index contributed by atoms with van der Waals surface area (Å²) in [5.74, 6) is 0.709. The Balaban J connectivity index is 1.72. The van der Waals surface area contributed by atoms with Gasteiger partial charge in [0.1, 0.15) is 5.75 Å². The first-order chi connectivity index (χ1) is 15.0. The number of nitrogens with zero attached hydrogens (tertiary/aromatic N) is 4. The van der Waals surface area contributed by atoms with Crippen LogP contribution in [0.25, 0.3) is 11.3 Å². The molecule has 0 unspecified atom stereocenters. The van der Waals surface area contributed by atoms with Gasteiger partial charge in [-0.3, -0.25) is 15.1 Å². The number of fused-ring (bicyclic) bond motifs is 1. The molecule has 12 heteroatoms. The minimum atomic E-state index is -2.91. The van der Waals surface area contributed by atoms with Crippen molar-refractivity contribution < 1.29 is 27.9 Å². The van der Waals surface area contributed by atoms with E-state index in [1.165, 1.54) is 46.5 Å². The Kier molecular flexibility index (Phi) is 5.62. The third-order valence-electron chi connectivity index (χ3n) is 4.28. The van der Waals surface area contributed by atoms with Crippen molar-refractivity contribution in [3.05, 3.63) is 62.3 Å². The molecule has 1 aliphatic heterocycles. The van der Waals surface area contributed by atoms with E-state index in [4.69, 9.17) is 9.47 Å². The summed E-state index contributed by atoms with van der Waals surface area (Å²) in [6.07, 6.45) is 1.33. The monoisotopic (exact) mass is 448 g/mol. The lowest BCUT2D eigenvalue weighted by Crippen LogP contribution is -2.11. The molecule has 0 N–H and O–H groups in total. The standard InChI is InChI=1S/C19H14F2N4O5S/c1-22-19-24(15(9-31-19)11-2-4-13(5-3-11)30-18(20)21)23-8-12-6-16-17(29-10-28-16)7-14(12)25(26)27/h2-9,18H,10H2,1H3. The normalized spacial score (nSPS) is 13.4. The van der Waals surface area contributed by atoms with Gasteiger partial charge in [0.2, 0.25) is 11.6 Å². The fraction of sp³-hybridized carbons (Fsp3) is 0.158. The van der Waals surface area contributed by atoms with Crippen LogP contribution in [0, 0.1) is 10.1 Å². The highest BCUT2D eigenvalue weighted by Crippen LogP contribution is 2.37. The predicted octanol–water partition coefficient (Wildman–Crippen LogP) is 3.87. The van der Waals surface area contributed by atoms with Gasteiger partial charge in [0, 0.05) is 18.0 Å². The zero-order chi connectivity index (χ0) is 22.0. The highest BCUT2D eigenvalue weighted by atomic mass is 32.1. The van der Waals surface area contributed by atoms with E-state index in [1.54, 1.807) is 24.6 Å². The van der Waals surface area contributed by atoms with Gasteiger partial charge in [-0.2, -0.15) is 13.9 Å². The van der Waals surface area contributed by atoms with Gasteiger partial charge in [-0.1, -0.05) is 0 Å². The summed E-state index contributed by atoms with van der Waals surface area (Å²) < 4.78 is 41.1. The lowest BCUT2D eigenvalue weighted by Gasteiger charge is -2.07. The molecule has 2 aromatic carbocycles. The molecule has 0 saturated heterocycles. The number of alkyl halides is 2. The molecule has 4 rings (SSSR count). The van der Waals surface area contributed by atoms with Crippen molar-refractivity contribution in [1.29, 1.82) is 0 Å². The smallest absolute Gasteiger partial charge is 0.387 e. The van der Waals surface area contributed by atoms with Crippen LogP contribution in [0.1, 0.15) is 5.56 Å². The Hall–Kier alpha value is -3.80. The number of hydrogen-bond acceptors (Lipinski definition) is 8. The molecule has 0 bridgehead atoms. The van der Waals surface area contributed by atoms with Crippen molar-refractivity contribution in [3.63, 3.8) is 0 Å². The fourth-order valence-electron chi connectivity index (χ4n) is 2.90. The Morgan fingerprint density at radius 2 is 1.97 bits per heavy atom. The van der Waals surface area contributed by atoms with Gasteiger partial charge >= 0.3 is 6.61 Å². The van der Waals surface area contributed by atoms with Crippen LogP contribution in [-0.4, -0.2) is 36.3 Å². The third-order valence-corrected chi connectivity index (χ3v) is 5.19. The van der Waals surface area contributed by atoms with E-state index in [1.807, 2.05) is 0 Å². The van der Waals surface area contributed by atoms with Crippen molar-refractivity contribution >= 4 is 23.2 Å². The minimum Gasteiger partial charge on any atom is -0.454 e. The molecule has 1 aliphatic rings. The molecule has 0 fully saturated rings. The first kappa shape index (κ1) is 20.5. The average molecular weight is 448 g/mol. The van der Waals surface area contributed by atoms with Crippen LogP contribution in [0.3, 0.4) is 0 Å². The number of hydrogen-bond donors (Lipinski definition) is 0. The molecule has 0 spiro atoms. The number of aromatic nitrogens is 1. The molecule has 1 aromatic heterocycles. The van der Waals surface area contributed by atoms with E-state index in [9.17, 15) is 18.9 Å². The lowest BCUT2D eigenvalue weighted by atomic mass is 10.1. The van der Waals surface area contributed by atoms with Gasteiger partial charge in [-0.15, -0.1) is 11.3 Å². The number of rotatable bonds is 6. The Bertz CT molecular complexity index is 1220. The lowest BCUT2D eigenvalue weighted by molar-refractivity contribution is -0.385. The molecule has 31 heavy (non-hydrogen) atoms. The fourth-order valence-corrected chi connectivity index (χ4v) is 3.70. The summed E-state index contributed by atoms with van der Waals surface area (Å²) >= 11 is 1.30. The maximum atomic E-state index is 12.4.